The number of aldehydes is 1. The first-order valence-electron chi connectivity index (χ1n) is 9.09. The van der Waals surface area contributed by atoms with Crippen LogP contribution in [0.5, 0.6) is 0 Å². The summed E-state index contributed by atoms with van der Waals surface area (Å²) in [6.45, 7) is 0. The van der Waals surface area contributed by atoms with E-state index in [2.05, 4.69) is 9.98 Å². The first kappa shape index (κ1) is 22.6. The maximum absolute atomic E-state index is 13.2. The summed E-state index contributed by atoms with van der Waals surface area (Å²) in [6, 6.07) is 5.88. The van der Waals surface area contributed by atoms with E-state index in [1.807, 2.05) is 6.08 Å². The Bertz CT molecular complexity index is 874. The number of carbonyl (C=O) groups excluding carboxylic acids is 1. The highest BCUT2D eigenvalue weighted by Crippen LogP contribution is 2.44. The van der Waals surface area contributed by atoms with Gasteiger partial charge in [-0.15, -0.1) is 0 Å². The number of rotatable bonds is 8. The molecule has 0 spiro atoms. The van der Waals surface area contributed by atoms with E-state index in [1.54, 1.807) is 25.4 Å². The van der Waals surface area contributed by atoms with Gasteiger partial charge in [0.2, 0.25) is 0 Å². The van der Waals surface area contributed by atoms with Gasteiger partial charge in [0.05, 0.1) is 16.8 Å². The van der Waals surface area contributed by atoms with E-state index in [4.69, 9.17) is 16.6 Å². The van der Waals surface area contributed by atoms with Crippen molar-refractivity contribution in [3.8, 4) is 0 Å². The van der Waals surface area contributed by atoms with Gasteiger partial charge in [-0.05, 0) is 73.2 Å². The van der Waals surface area contributed by atoms with Gasteiger partial charge in [0.1, 0.15) is 12.1 Å². The quantitative estimate of drug-likeness (QED) is 0.342. The normalized spacial score (nSPS) is 23.0. The van der Waals surface area contributed by atoms with Crippen LogP contribution in [0.2, 0.25) is 0 Å². The van der Waals surface area contributed by atoms with Gasteiger partial charge in [-0.1, -0.05) is 17.5 Å². The lowest BCUT2D eigenvalue weighted by Gasteiger charge is -2.36. The van der Waals surface area contributed by atoms with E-state index in [0.29, 0.717) is 36.4 Å². The SMILES string of the molecule is CN=CC(=CN)CC1(C=O)CC(=CN)C(=Nc2ccc(F)cc2)C=C1CCSN. The topological polar surface area (TPSA) is 120 Å². The number of hydrogen-bond acceptors (Lipinski definition) is 7. The van der Waals surface area contributed by atoms with E-state index in [9.17, 15) is 9.18 Å². The summed E-state index contributed by atoms with van der Waals surface area (Å²) in [5, 5.41) is 5.63. The molecule has 0 fully saturated rings. The van der Waals surface area contributed by atoms with Crippen LogP contribution in [0.25, 0.3) is 0 Å². The summed E-state index contributed by atoms with van der Waals surface area (Å²) >= 11 is 1.21. The monoisotopic (exact) mass is 415 g/mol. The molecule has 29 heavy (non-hydrogen) atoms. The van der Waals surface area contributed by atoms with Crippen molar-refractivity contribution in [2.75, 3.05) is 12.8 Å². The number of aliphatic imine (C=N–C) groups is 2. The number of nitrogens with two attached hydrogens (primary N) is 3. The van der Waals surface area contributed by atoms with Gasteiger partial charge < -0.3 is 16.3 Å². The van der Waals surface area contributed by atoms with Gasteiger partial charge in [0.15, 0.2) is 0 Å². The lowest BCUT2D eigenvalue weighted by atomic mass is 9.67. The summed E-state index contributed by atoms with van der Waals surface area (Å²) in [5.41, 5.74) is 14.4. The zero-order valence-corrected chi connectivity index (χ0v) is 17.2. The molecule has 1 unspecified atom stereocenters. The van der Waals surface area contributed by atoms with Crippen LogP contribution in [0.3, 0.4) is 0 Å². The van der Waals surface area contributed by atoms with Crippen LogP contribution in [0.1, 0.15) is 19.3 Å². The molecule has 154 valence electrons. The molecule has 6 N–H and O–H groups in total. The van der Waals surface area contributed by atoms with Gasteiger partial charge in [0.25, 0.3) is 0 Å². The van der Waals surface area contributed by atoms with Crippen molar-refractivity contribution in [1.82, 2.24) is 0 Å². The molecule has 0 amide bonds. The van der Waals surface area contributed by atoms with Crippen LogP contribution in [-0.4, -0.2) is 31.0 Å². The molecule has 1 atom stereocenters. The first-order valence-corrected chi connectivity index (χ1v) is 10.1. The molecule has 6 nitrogen and oxygen atoms in total. The molecular formula is C21H26FN5OS. The van der Waals surface area contributed by atoms with Crippen LogP contribution in [0.4, 0.5) is 10.1 Å². The molecule has 8 heteroatoms. The predicted molar refractivity (Wildman–Crippen MR) is 120 cm³/mol. The van der Waals surface area contributed by atoms with Crippen molar-refractivity contribution in [1.29, 1.82) is 0 Å². The van der Waals surface area contributed by atoms with Crippen molar-refractivity contribution in [2.24, 2.45) is 32.0 Å². The van der Waals surface area contributed by atoms with Crippen LogP contribution >= 0.6 is 11.9 Å². The Labute approximate surface area is 174 Å². The van der Waals surface area contributed by atoms with Crippen molar-refractivity contribution in [3.63, 3.8) is 0 Å². The number of benzene rings is 1. The molecular weight excluding hydrogens is 389 g/mol. The largest absolute Gasteiger partial charge is 0.404 e. The second-order valence-electron chi connectivity index (χ2n) is 6.71. The Kier molecular flexibility index (Phi) is 8.35. The third kappa shape index (κ3) is 5.65. The number of hydrogen-bond donors (Lipinski definition) is 3. The minimum absolute atomic E-state index is 0.331. The Balaban J connectivity index is 2.55. The summed E-state index contributed by atoms with van der Waals surface area (Å²) < 4.78 is 13.2. The minimum atomic E-state index is -0.810. The summed E-state index contributed by atoms with van der Waals surface area (Å²) in [6.07, 6.45) is 8.79. The summed E-state index contributed by atoms with van der Waals surface area (Å²) in [5.74, 6) is 0.318. The lowest BCUT2D eigenvalue weighted by molar-refractivity contribution is -0.114. The number of allylic oxidation sites excluding steroid dienone is 4. The zero-order valence-electron chi connectivity index (χ0n) is 16.3. The molecule has 0 radical (unpaired) electrons. The van der Waals surface area contributed by atoms with Crippen LogP contribution < -0.4 is 16.6 Å². The molecule has 0 aliphatic heterocycles. The Morgan fingerprint density at radius 3 is 2.59 bits per heavy atom. The molecule has 0 saturated carbocycles. The van der Waals surface area contributed by atoms with Gasteiger partial charge in [-0.3, -0.25) is 10.1 Å². The number of nitrogens with zero attached hydrogens (tertiary/aromatic N) is 2. The van der Waals surface area contributed by atoms with Gasteiger partial charge in [0, 0.05) is 19.0 Å². The molecule has 2 rings (SSSR count). The van der Waals surface area contributed by atoms with E-state index >= 15 is 0 Å². The van der Waals surface area contributed by atoms with Gasteiger partial charge in [-0.2, -0.15) is 0 Å². The number of carbonyl (C=O) groups is 1. The fourth-order valence-corrected chi connectivity index (χ4v) is 3.69. The molecule has 1 aromatic carbocycles. The highest BCUT2D eigenvalue weighted by Gasteiger charge is 2.39. The fourth-order valence-electron chi connectivity index (χ4n) is 3.35. The second kappa shape index (κ2) is 10.7. The first-order chi connectivity index (χ1) is 14.0. The zero-order chi connectivity index (χ0) is 21.3. The van der Waals surface area contributed by atoms with Gasteiger partial charge in [-0.25, -0.2) is 9.38 Å². The maximum atomic E-state index is 13.2. The molecule has 1 aliphatic carbocycles. The van der Waals surface area contributed by atoms with Crippen molar-refractivity contribution in [3.05, 3.63) is 65.3 Å². The van der Waals surface area contributed by atoms with Crippen LogP contribution in [-0.2, 0) is 4.79 Å². The highest BCUT2D eigenvalue weighted by atomic mass is 32.2. The smallest absolute Gasteiger partial charge is 0.130 e. The minimum Gasteiger partial charge on any atom is -0.404 e. The maximum Gasteiger partial charge on any atom is 0.130 e. The predicted octanol–water partition coefficient (Wildman–Crippen LogP) is 3.19. The summed E-state index contributed by atoms with van der Waals surface area (Å²) in [4.78, 5) is 21.0. The highest BCUT2D eigenvalue weighted by molar-refractivity contribution is 7.97. The standard InChI is InChI=1S/C21H26FN5OS/c1-26-13-15(11-23)9-21(14-28)10-16(12-24)20(8-17(21)6-7-29-25)27-19-4-2-18(22)3-5-19/h2-5,8,11-14H,6-7,9-10,23-25H2,1H3. The van der Waals surface area contributed by atoms with E-state index < -0.39 is 5.41 Å². The Hall–Kier alpha value is -2.71. The average Bonchev–Trinajstić information content (AvgIpc) is 2.74. The Morgan fingerprint density at radius 1 is 1.31 bits per heavy atom. The van der Waals surface area contributed by atoms with Crippen molar-refractivity contribution < 1.29 is 9.18 Å². The molecule has 0 saturated heterocycles. The van der Waals surface area contributed by atoms with E-state index in [0.717, 1.165) is 23.0 Å². The third-order valence-corrected chi connectivity index (χ3v) is 5.25. The van der Waals surface area contributed by atoms with E-state index in [-0.39, 0.29) is 5.82 Å². The van der Waals surface area contributed by atoms with Gasteiger partial charge >= 0.3 is 0 Å². The van der Waals surface area contributed by atoms with Crippen molar-refractivity contribution >= 4 is 35.8 Å². The van der Waals surface area contributed by atoms with Crippen LogP contribution in [0.15, 0.2) is 69.4 Å². The van der Waals surface area contributed by atoms with Crippen molar-refractivity contribution in [2.45, 2.75) is 19.3 Å². The Morgan fingerprint density at radius 2 is 2.03 bits per heavy atom. The lowest BCUT2D eigenvalue weighted by Crippen LogP contribution is -2.33. The fraction of sp³-hybridized carbons (Fsp3) is 0.286. The average molecular weight is 416 g/mol. The molecule has 0 bridgehead atoms. The number of halogens is 1. The molecule has 0 heterocycles. The molecule has 1 aliphatic rings. The third-order valence-electron chi connectivity index (χ3n) is 4.81. The summed E-state index contributed by atoms with van der Waals surface area (Å²) in [7, 11) is 1.65. The second-order valence-corrected chi connectivity index (χ2v) is 7.45. The van der Waals surface area contributed by atoms with E-state index in [1.165, 1.54) is 36.5 Å². The molecule has 0 aromatic heterocycles. The van der Waals surface area contributed by atoms with Crippen LogP contribution in [0, 0.1) is 11.2 Å². The molecule has 1 aromatic rings.